The summed E-state index contributed by atoms with van der Waals surface area (Å²) in [6.07, 6.45) is 7.30. The maximum Gasteiger partial charge on any atom is 0.237 e. The van der Waals surface area contributed by atoms with Crippen molar-refractivity contribution in [3.63, 3.8) is 0 Å². The second-order valence-corrected chi connectivity index (χ2v) is 7.41. The third kappa shape index (κ3) is 3.98. The molecule has 4 heteroatoms. The molecule has 3 N–H and O–H groups in total. The van der Waals surface area contributed by atoms with E-state index in [0.717, 1.165) is 19.5 Å². The van der Waals surface area contributed by atoms with Crippen molar-refractivity contribution in [1.29, 1.82) is 0 Å². The van der Waals surface area contributed by atoms with Crippen LogP contribution in [0.3, 0.4) is 0 Å². The Kier molecular flexibility index (Phi) is 5.90. The monoisotopic (exact) mass is 329 g/mol. The summed E-state index contributed by atoms with van der Waals surface area (Å²) in [6, 6.07) is 8.59. The molecule has 1 aliphatic carbocycles. The molecule has 24 heavy (non-hydrogen) atoms. The van der Waals surface area contributed by atoms with Crippen LogP contribution < -0.4 is 11.1 Å². The lowest BCUT2D eigenvalue weighted by Crippen LogP contribution is -2.53. The molecule has 0 aromatic heterocycles. The molecule has 2 aliphatic rings. The van der Waals surface area contributed by atoms with Gasteiger partial charge in [-0.25, -0.2) is 0 Å². The van der Waals surface area contributed by atoms with Crippen molar-refractivity contribution in [3.8, 4) is 0 Å². The van der Waals surface area contributed by atoms with Crippen LogP contribution in [0.5, 0.6) is 0 Å². The van der Waals surface area contributed by atoms with Crippen molar-refractivity contribution in [1.82, 2.24) is 10.2 Å². The van der Waals surface area contributed by atoms with Gasteiger partial charge in [0, 0.05) is 25.7 Å². The lowest BCUT2D eigenvalue weighted by atomic mass is 9.84. The van der Waals surface area contributed by atoms with Gasteiger partial charge in [0.25, 0.3) is 0 Å². The van der Waals surface area contributed by atoms with Gasteiger partial charge in [0.05, 0.1) is 6.04 Å². The molecule has 0 spiro atoms. The van der Waals surface area contributed by atoms with Crippen molar-refractivity contribution in [2.24, 2.45) is 11.7 Å². The summed E-state index contributed by atoms with van der Waals surface area (Å²) < 4.78 is 0. The number of nitrogens with two attached hydrogens (primary N) is 1. The highest BCUT2D eigenvalue weighted by Gasteiger charge is 2.29. The SMILES string of the molecule is CC(C(=O)NC(CN)C1CCCCC1)N1CCc2ccccc2C1. The van der Waals surface area contributed by atoms with E-state index in [4.69, 9.17) is 5.73 Å². The van der Waals surface area contributed by atoms with E-state index in [9.17, 15) is 4.79 Å². The third-order valence-corrected chi connectivity index (χ3v) is 5.89. The second-order valence-electron chi connectivity index (χ2n) is 7.41. The van der Waals surface area contributed by atoms with Gasteiger partial charge in [0.15, 0.2) is 0 Å². The van der Waals surface area contributed by atoms with Crippen LogP contribution in [0.2, 0.25) is 0 Å². The van der Waals surface area contributed by atoms with Crippen molar-refractivity contribution in [2.45, 2.75) is 64.1 Å². The van der Waals surface area contributed by atoms with E-state index in [1.54, 1.807) is 0 Å². The van der Waals surface area contributed by atoms with Crippen molar-refractivity contribution in [3.05, 3.63) is 35.4 Å². The molecule has 2 atom stereocenters. The van der Waals surface area contributed by atoms with Gasteiger partial charge >= 0.3 is 0 Å². The molecule has 3 rings (SSSR count). The van der Waals surface area contributed by atoms with E-state index >= 15 is 0 Å². The quantitative estimate of drug-likeness (QED) is 0.872. The minimum absolute atomic E-state index is 0.101. The molecule has 1 aliphatic heterocycles. The molecule has 1 aromatic rings. The second kappa shape index (κ2) is 8.13. The molecule has 4 nitrogen and oxygen atoms in total. The Labute approximate surface area is 145 Å². The van der Waals surface area contributed by atoms with Gasteiger partial charge < -0.3 is 11.1 Å². The summed E-state index contributed by atoms with van der Waals surface area (Å²) in [5.41, 5.74) is 8.74. The number of hydrogen-bond acceptors (Lipinski definition) is 3. The normalized spacial score (nSPS) is 21.8. The Bertz CT molecular complexity index is 554. The number of amides is 1. The van der Waals surface area contributed by atoms with E-state index in [1.807, 2.05) is 6.92 Å². The first kappa shape index (κ1) is 17.4. The number of fused-ring (bicyclic) bond motifs is 1. The van der Waals surface area contributed by atoms with Crippen LogP contribution in [-0.2, 0) is 17.8 Å². The molecule has 2 unspecified atom stereocenters. The first-order valence-electron chi connectivity index (χ1n) is 9.50. The third-order valence-electron chi connectivity index (χ3n) is 5.89. The molecule has 1 heterocycles. The highest BCUT2D eigenvalue weighted by Crippen LogP contribution is 2.26. The van der Waals surface area contributed by atoms with Gasteiger partial charge in [-0.3, -0.25) is 9.69 Å². The molecular formula is C20H31N3O. The van der Waals surface area contributed by atoms with Crippen LogP contribution >= 0.6 is 0 Å². The lowest BCUT2D eigenvalue weighted by molar-refractivity contribution is -0.127. The first-order chi connectivity index (χ1) is 11.7. The predicted molar refractivity (Wildman–Crippen MR) is 97.6 cm³/mol. The van der Waals surface area contributed by atoms with Crippen molar-refractivity contribution < 1.29 is 4.79 Å². The topological polar surface area (TPSA) is 58.4 Å². The predicted octanol–water partition coefficient (Wildman–Crippen LogP) is 2.46. The van der Waals surface area contributed by atoms with Crippen LogP contribution in [0.25, 0.3) is 0 Å². The van der Waals surface area contributed by atoms with E-state index in [2.05, 4.69) is 34.5 Å². The molecule has 1 fully saturated rings. The number of carbonyl (C=O) groups excluding carboxylic acids is 1. The fraction of sp³-hybridized carbons (Fsp3) is 0.650. The molecule has 132 valence electrons. The van der Waals surface area contributed by atoms with Crippen molar-refractivity contribution in [2.75, 3.05) is 13.1 Å². The Hall–Kier alpha value is -1.39. The van der Waals surface area contributed by atoms with E-state index in [0.29, 0.717) is 12.5 Å². The van der Waals surface area contributed by atoms with Gasteiger partial charge in [0.2, 0.25) is 5.91 Å². The minimum atomic E-state index is -0.101. The van der Waals surface area contributed by atoms with Gasteiger partial charge in [-0.2, -0.15) is 0 Å². The fourth-order valence-electron chi connectivity index (χ4n) is 4.22. The number of benzene rings is 1. The summed E-state index contributed by atoms with van der Waals surface area (Å²) in [4.78, 5) is 15.0. The Balaban J connectivity index is 1.58. The molecule has 0 saturated heterocycles. The van der Waals surface area contributed by atoms with Gasteiger partial charge in [0.1, 0.15) is 0 Å². The number of carbonyl (C=O) groups is 1. The smallest absolute Gasteiger partial charge is 0.237 e. The number of hydrogen-bond donors (Lipinski definition) is 2. The summed E-state index contributed by atoms with van der Waals surface area (Å²) in [5, 5.41) is 3.25. The maximum atomic E-state index is 12.8. The van der Waals surface area contributed by atoms with Crippen molar-refractivity contribution >= 4 is 5.91 Å². The molecule has 1 amide bonds. The minimum Gasteiger partial charge on any atom is -0.350 e. The lowest BCUT2D eigenvalue weighted by Gasteiger charge is -2.35. The summed E-state index contributed by atoms with van der Waals surface area (Å²) in [7, 11) is 0. The molecule has 0 radical (unpaired) electrons. The largest absolute Gasteiger partial charge is 0.350 e. The molecule has 1 saturated carbocycles. The molecule has 1 aromatic carbocycles. The standard InChI is InChI=1S/C20H31N3O/c1-15(23-12-11-16-7-5-6-10-18(16)14-23)20(24)22-19(13-21)17-8-3-2-4-9-17/h5-7,10,15,17,19H,2-4,8-9,11-14,21H2,1H3,(H,22,24). The highest BCUT2D eigenvalue weighted by atomic mass is 16.2. The van der Waals surface area contributed by atoms with Crippen LogP contribution in [0.4, 0.5) is 0 Å². The highest BCUT2D eigenvalue weighted by molar-refractivity contribution is 5.81. The Morgan fingerprint density at radius 3 is 2.67 bits per heavy atom. The first-order valence-corrected chi connectivity index (χ1v) is 9.50. The summed E-state index contributed by atoms with van der Waals surface area (Å²) in [6.45, 7) is 4.38. The van der Waals surface area contributed by atoms with Gasteiger partial charge in [-0.15, -0.1) is 0 Å². The van der Waals surface area contributed by atoms with Crippen LogP contribution in [-0.4, -0.2) is 36.0 Å². The maximum absolute atomic E-state index is 12.8. The van der Waals surface area contributed by atoms with Crippen LogP contribution in [0.1, 0.15) is 50.2 Å². The molecule has 0 bridgehead atoms. The van der Waals surface area contributed by atoms with E-state index in [1.165, 1.54) is 43.2 Å². The average Bonchev–Trinajstić information content (AvgIpc) is 2.65. The Morgan fingerprint density at radius 2 is 1.96 bits per heavy atom. The Morgan fingerprint density at radius 1 is 1.25 bits per heavy atom. The number of nitrogens with one attached hydrogen (secondary N) is 1. The molecular weight excluding hydrogens is 298 g/mol. The fourth-order valence-corrected chi connectivity index (χ4v) is 4.22. The zero-order valence-electron chi connectivity index (χ0n) is 14.8. The summed E-state index contributed by atoms with van der Waals surface area (Å²) in [5.74, 6) is 0.692. The zero-order chi connectivity index (χ0) is 16.9. The zero-order valence-corrected chi connectivity index (χ0v) is 14.8. The van der Waals surface area contributed by atoms with E-state index < -0.39 is 0 Å². The van der Waals surface area contributed by atoms with Crippen LogP contribution in [0.15, 0.2) is 24.3 Å². The average molecular weight is 329 g/mol. The van der Waals surface area contributed by atoms with Crippen LogP contribution in [0, 0.1) is 5.92 Å². The summed E-state index contributed by atoms with van der Waals surface area (Å²) >= 11 is 0. The number of rotatable bonds is 5. The van der Waals surface area contributed by atoms with Gasteiger partial charge in [-0.05, 0) is 43.2 Å². The van der Waals surface area contributed by atoms with Gasteiger partial charge in [-0.1, -0.05) is 43.5 Å². The number of nitrogens with zero attached hydrogens (tertiary/aromatic N) is 1. The van der Waals surface area contributed by atoms with E-state index in [-0.39, 0.29) is 18.0 Å².